The number of nitrogen functional groups attached to an aromatic ring is 1. The molecular weight excluding hydrogens is 228 g/mol. The highest BCUT2D eigenvalue weighted by Gasteiger charge is 2.01. The number of aromatic amines is 1. The Morgan fingerprint density at radius 2 is 2.25 bits per heavy atom. The molecule has 0 radical (unpaired) electrons. The molecule has 0 amide bonds. The first kappa shape index (κ1) is 10.5. The minimum absolute atomic E-state index is 0.0849. The van der Waals surface area contributed by atoms with E-state index in [-0.39, 0.29) is 11.5 Å². The smallest absolute Gasteiger partial charge is 0.275 e. The minimum atomic E-state index is -0.326. The van der Waals surface area contributed by atoms with E-state index in [2.05, 4.69) is 15.3 Å². The molecule has 0 atom stereocenters. The van der Waals surface area contributed by atoms with Gasteiger partial charge in [-0.15, -0.1) is 0 Å². The Bertz CT molecular complexity index is 567. The molecule has 0 aliphatic carbocycles. The van der Waals surface area contributed by atoms with Gasteiger partial charge < -0.3 is 11.1 Å². The van der Waals surface area contributed by atoms with Gasteiger partial charge in [0.05, 0.1) is 6.20 Å². The number of H-pyrrole nitrogens is 1. The molecule has 82 valence electrons. The van der Waals surface area contributed by atoms with Crippen molar-refractivity contribution in [1.82, 2.24) is 9.97 Å². The van der Waals surface area contributed by atoms with Crippen LogP contribution in [0.4, 0.5) is 17.3 Å². The van der Waals surface area contributed by atoms with E-state index in [0.717, 1.165) is 0 Å². The molecule has 2 aromatic rings. The summed E-state index contributed by atoms with van der Waals surface area (Å²) in [5.41, 5.74) is 6.03. The summed E-state index contributed by atoms with van der Waals surface area (Å²) in [5, 5.41) is 3.48. The maximum absolute atomic E-state index is 11.5. The summed E-state index contributed by atoms with van der Waals surface area (Å²) >= 11 is 5.81. The zero-order chi connectivity index (χ0) is 11.5. The zero-order valence-corrected chi connectivity index (χ0v) is 8.95. The second-order valence-electron chi connectivity index (χ2n) is 3.15. The second-order valence-corrected chi connectivity index (χ2v) is 3.58. The van der Waals surface area contributed by atoms with Gasteiger partial charge >= 0.3 is 0 Å². The van der Waals surface area contributed by atoms with Crippen molar-refractivity contribution in [2.24, 2.45) is 0 Å². The van der Waals surface area contributed by atoms with Crippen molar-refractivity contribution in [1.29, 1.82) is 0 Å². The average Bonchev–Trinajstić information content (AvgIpc) is 2.22. The number of nitrogens with one attached hydrogen (secondary N) is 2. The normalized spacial score (nSPS) is 10.1. The Balaban J connectivity index is 2.31. The van der Waals surface area contributed by atoms with Gasteiger partial charge in [0.15, 0.2) is 5.95 Å². The van der Waals surface area contributed by atoms with Gasteiger partial charge in [-0.25, -0.2) is 4.98 Å². The summed E-state index contributed by atoms with van der Waals surface area (Å²) < 4.78 is 0. The van der Waals surface area contributed by atoms with Gasteiger partial charge in [-0.2, -0.15) is 0 Å². The Hall–Kier alpha value is -2.01. The Kier molecular flexibility index (Phi) is 2.78. The van der Waals surface area contributed by atoms with Crippen LogP contribution in [-0.2, 0) is 0 Å². The molecule has 0 aliphatic heterocycles. The number of nitrogens with two attached hydrogens (primary N) is 1. The van der Waals surface area contributed by atoms with Gasteiger partial charge in [0, 0.05) is 10.7 Å². The van der Waals surface area contributed by atoms with Crippen LogP contribution < -0.4 is 16.6 Å². The van der Waals surface area contributed by atoms with Gasteiger partial charge in [0.25, 0.3) is 5.56 Å². The summed E-state index contributed by atoms with van der Waals surface area (Å²) in [5.74, 6) is 0.0849. The van der Waals surface area contributed by atoms with E-state index < -0.39 is 0 Å². The number of nitrogens with zero attached hydrogens (tertiary/aromatic N) is 1. The van der Waals surface area contributed by atoms with Gasteiger partial charge in [0.2, 0.25) is 0 Å². The minimum Gasteiger partial charge on any atom is -0.369 e. The first-order valence-corrected chi connectivity index (χ1v) is 4.90. The highest BCUT2D eigenvalue weighted by atomic mass is 35.5. The van der Waals surface area contributed by atoms with E-state index in [1.54, 1.807) is 24.3 Å². The van der Waals surface area contributed by atoms with Crippen LogP contribution in [0.3, 0.4) is 0 Å². The molecule has 16 heavy (non-hydrogen) atoms. The van der Waals surface area contributed by atoms with Crippen molar-refractivity contribution in [3.63, 3.8) is 0 Å². The number of benzene rings is 1. The fraction of sp³-hybridized carbons (Fsp3) is 0. The van der Waals surface area contributed by atoms with E-state index in [0.29, 0.717) is 16.4 Å². The molecule has 5 nitrogen and oxygen atoms in total. The predicted octanol–water partition coefficient (Wildman–Crippen LogP) is 1.75. The van der Waals surface area contributed by atoms with Crippen LogP contribution in [0.1, 0.15) is 0 Å². The molecule has 1 heterocycles. The Labute approximate surface area is 96.3 Å². The molecule has 0 aliphatic rings. The monoisotopic (exact) mass is 236 g/mol. The van der Waals surface area contributed by atoms with Crippen LogP contribution in [0, 0.1) is 0 Å². The number of anilines is 3. The lowest BCUT2D eigenvalue weighted by Crippen LogP contribution is -2.14. The number of hydrogen-bond acceptors (Lipinski definition) is 4. The van der Waals surface area contributed by atoms with Gasteiger partial charge in [-0.1, -0.05) is 17.7 Å². The maximum Gasteiger partial charge on any atom is 0.275 e. The molecular formula is C10H9ClN4O. The van der Waals surface area contributed by atoms with Crippen LogP contribution in [0.25, 0.3) is 0 Å². The van der Waals surface area contributed by atoms with Gasteiger partial charge in [-0.3, -0.25) is 9.78 Å². The third kappa shape index (κ3) is 2.32. The maximum atomic E-state index is 11.5. The van der Waals surface area contributed by atoms with Crippen molar-refractivity contribution >= 4 is 28.9 Å². The second kappa shape index (κ2) is 4.24. The van der Waals surface area contributed by atoms with Crippen molar-refractivity contribution in [3.05, 3.63) is 45.8 Å². The molecule has 0 saturated heterocycles. The third-order valence-electron chi connectivity index (χ3n) is 1.92. The molecule has 0 spiro atoms. The summed E-state index contributed by atoms with van der Waals surface area (Å²) in [6.45, 7) is 0. The average molecular weight is 237 g/mol. The highest BCUT2D eigenvalue weighted by Crippen LogP contribution is 2.17. The van der Waals surface area contributed by atoms with Crippen LogP contribution in [0.15, 0.2) is 35.3 Å². The van der Waals surface area contributed by atoms with E-state index in [1.165, 1.54) is 6.20 Å². The lowest BCUT2D eigenvalue weighted by atomic mass is 10.3. The molecule has 1 aromatic carbocycles. The van der Waals surface area contributed by atoms with Crippen LogP contribution in [-0.4, -0.2) is 9.97 Å². The van der Waals surface area contributed by atoms with Crippen LogP contribution >= 0.6 is 11.6 Å². The first-order chi connectivity index (χ1) is 7.65. The largest absolute Gasteiger partial charge is 0.369 e. The van der Waals surface area contributed by atoms with E-state index >= 15 is 0 Å². The molecule has 0 saturated carbocycles. The lowest BCUT2D eigenvalue weighted by Gasteiger charge is -2.05. The van der Waals surface area contributed by atoms with Crippen LogP contribution in [0.2, 0.25) is 5.02 Å². The SMILES string of the molecule is Nc1ncc(Nc2cccc(Cl)c2)c(=O)[nH]1. The van der Waals surface area contributed by atoms with Crippen molar-refractivity contribution in [3.8, 4) is 0 Å². The van der Waals surface area contributed by atoms with Crippen molar-refractivity contribution in [2.45, 2.75) is 0 Å². The predicted molar refractivity (Wildman–Crippen MR) is 64.0 cm³/mol. The Morgan fingerprint density at radius 1 is 1.44 bits per heavy atom. The zero-order valence-electron chi connectivity index (χ0n) is 8.20. The Morgan fingerprint density at radius 3 is 2.94 bits per heavy atom. The number of aromatic nitrogens is 2. The molecule has 0 fully saturated rings. The quantitative estimate of drug-likeness (QED) is 0.742. The standard InChI is InChI=1S/C10H9ClN4O/c11-6-2-1-3-7(4-6)14-8-5-13-10(12)15-9(8)16/h1-5,14H,(H3,12,13,15,16). The third-order valence-corrected chi connectivity index (χ3v) is 2.16. The van der Waals surface area contributed by atoms with E-state index in [9.17, 15) is 4.79 Å². The van der Waals surface area contributed by atoms with E-state index in [1.807, 2.05) is 0 Å². The summed E-state index contributed by atoms with van der Waals surface area (Å²) in [4.78, 5) is 17.6. The first-order valence-electron chi connectivity index (χ1n) is 4.52. The van der Waals surface area contributed by atoms with E-state index in [4.69, 9.17) is 17.3 Å². The topological polar surface area (TPSA) is 83.8 Å². The lowest BCUT2D eigenvalue weighted by molar-refractivity contribution is 1.14. The molecule has 2 rings (SSSR count). The van der Waals surface area contributed by atoms with Crippen molar-refractivity contribution in [2.75, 3.05) is 11.1 Å². The summed E-state index contributed by atoms with van der Waals surface area (Å²) in [7, 11) is 0. The van der Waals surface area contributed by atoms with Gasteiger partial charge in [0.1, 0.15) is 5.69 Å². The molecule has 0 unspecified atom stereocenters. The van der Waals surface area contributed by atoms with Crippen LogP contribution in [0.5, 0.6) is 0 Å². The fourth-order valence-electron chi connectivity index (χ4n) is 1.22. The molecule has 0 bridgehead atoms. The number of rotatable bonds is 2. The van der Waals surface area contributed by atoms with Gasteiger partial charge in [-0.05, 0) is 18.2 Å². The number of hydrogen-bond donors (Lipinski definition) is 3. The highest BCUT2D eigenvalue weighted by molar-refractivity contribution is 6.30. The summed E-state index contributed by atoms with van der Waals surface area (Å²) in [6, 6.07) is 7.03. The number of halogens is 1. The molecule has 6 heteroatoms. The summed E-state index contributed by atoms with van der Waals surface area (Å²) in [6.07, 6.45) is 1.37. The molecule has 1 aromatic heterocycles. The fourth-order valence-corrected chi connectivity index (χ4v) is 1.41. The molecule has 4 N–H and O–H groups in total. The van der Waals surface area contributed by atoms with Crippen molar-refractivity contribution < 1.29 is 0 Å².